The van der Waals surface area contributed by atoms with Crippen molar-refractivity contribution in [3.8, 4) is 6.07 Å². The molecule has 0 aromatic heterocycles. The highest BCUT2D eigenvalue weighted by atomic mass is 79.9. The summed E-state index contributed by atoms with van der Waals surface area (Å²) in [6.45, 7) is 0.617. The zero-order chi connectivity index (χ0) is 13.8. The predicted molar refractivity (Wildman–Crippen MR) is 74.5 cm³/mol. The number of halogens is 1. The molecule has 1 amide bonds. The van der Waals surface area contributed by atoms with Crippen LogP contribution in [0.4, 0.5) is 5.69 Å². The van der Waals surface area contributed by atoms with Crippen molar-refractivity contribution in [3.05, 3.63) is 28.7 Å². The number of hydrogen-bond donors (Lipinski definition) is 0. The third-order valence-electron chi connectivity index (χ3n) is 3.20. The van der Waals surface area contributed by atoms with E-state index in [9.17, 15) is 9.59 Å². The fraction of sp³-hybridized carbons (Fsp3) is 0.357. The summed E-state index contributed by atoms with van der Waals surface area (Å²) in [6, 6.07) is 9.26. The third kappa shape index (κ3) is 3.02. The predicted octanol–water partition coefficient (Wildman–Crippen LogP) is 2.67. The maximum absolute atomic E-state index is 12.3. The second-order valence-corrected chi connectivity index (χ2v) is 5.38. The summed E-state index contributed by atoms with van der Waals surface area (Å²) in [7, 11) is 0. The molecule has 4 nitrogen and oxygen atoms in total. The van der Waals surface area contributed by atoms with Crippen LogP contribution in [0.1, 0.15) is 19.3 Å². The molecule has 19 heavy (non-hydrogen) atoms. The molecule has 2 rings (SSSR count). The number of anilines is 1. The number of piperidine rings is 1. The van der Waals surface area contributed by atoms with E-state index in [0.29, 0.717) is 13.0 Å². The first-order valence-corrected chi connectivity index (χ1v) is 6.89. The molecule has 1 heterocycles. The maximum atomic E-state index is 12.3. The van der Waals surface area contributed by atoms with Gasteiger partial charge in [0.25, 0.3) is 0 Å². The van der Waals surface area contributed by atoms with Crippen LogP contribution in [0, 0.1) is 17.2 Å². The number of rotatable bonds is 3. The fourth-order valence-electron chi connectivity index (χ4n) is 2.28. The van der Waals surface area contributed by atoms with E-state index in [4.69, 9.17) is 5.26 Å². The second kappa shape index (κ2) is 5.98. The van der Waals surface area contributed by atoms with Crippen molar-refractivity contribution in [2.24, 2.45) is 5.92 Å². The molecule has 1 aromatic rings. The molecular weight excluding hydrogens is 308 g/mol. The van der Waals surface area contributed by atoms with Crippen LogP contribution < -0.4 is 4.90 Å². The van der Waals surface area contributed by atoms with E-state index >= 15 is 0 Å². The smallest absolute Gasteiger partial charge is 0.237 e. The molecule has 1 saturated heterocycles. The quantitative estimate of drug-likeness (QED) is 0.804. The van der Waals surface area contributed by atoms with E-state index in [-0.39, 0.29) is 18.1 Å². The zero-order valence-electron chi connectivity index (χ0n) is 10.3. The van der Waals surface area contributed by atoms with Gasteiger partial charge in [-0.25, -0.2) is 0 Å². The normalized spacial score (nSPS) is 19.1. The molecule has 0 aliphatic carbocycles. The first-order chi connectivity index (χ1) is 9.13. The Morgan fingerprint density at radius 3 is 3.00 bits per heavy atom. The Bertz CT molecular complexity index is 551. The van der Waals surface area contributed by atoms with Crippen molar-refractivity contribution >= 4 is 33.3 Å². The monoisotopic (exact) mass is 320 g/mol. The molecule has 1 aliphatic heterocycles. The number of nitriles is 1. The molecule has 0 spiro atoms. The number of Topliss-reactive ketones (excluding diaryl/α,β-unsaturated/α-hetero) is 1. The number of hydrogen-bond acceptors (Lipinski definition) is 3. The number of nitrogens with zero attached hydrogens (tertiary/aromatic N) is 2. The summed E-state index contributed by atoms with van der Waals surface area (Å²) >= 11 is 3.37. The van der Waals surface area contributed by atoms with Gasteiger partial charge in [-0.2, -0.15) is 5.26 Å². The molecule has 0 bridgehead atoms. The van der Waals surface area contributed by atoms with Crippen molar-refractivity contribution in [2.75, 3.05) is 11.4 Å². The molecule has 98 valence electrons. The lowest BCUT2D eigenvalue weighted by Crippen LogP contribution is -2.44. The van der Waals surface area contributed by atoms with Gasteiger partial charge in [0, 0.05) is 16.7 Å². The molecule has 1 fully saturated rings. The van der Waals surface area contributed by atoms with Crippen molar-refractivity contribution in [1.29, 1.82) is 5.26 Å². The zero-order valence-corrected chi connectivity index (χ0v) is 11.9. The maximum Gasteiger partial charge on any atom is 0.237 e. The van der Waals surface area contributed by atoms with E-state index in [0.717, 1.165) is 16.6 Å². The Balaban J connectivity index is 2.21. The Labute approximate surface area is 120 Å². The number of carbonyl (C=O) groups is 2. The average Bonchev–Trinajstić information content (AvgIpc) is 2.39. The third-order valence-corrected chi connectivity index (χ3v) is 3.69. The van der Waals surface area contributed by atoms with Gasteiger partial charge in [0.05, 0.1) is 18.4 Å². The van der Waals surface area contributed by atoms with Gasteiger partial charge in [-0.1, -0.05) is 22.0 Å². The summed E-state index contributed by atoms with van der Waals surface area (Å²) in [4.78, 5) is 25.7. The van der Waals surface area contributed by atoms with E-state index in [1.54, 1.807) is 4.90 Å². The number of ketones is 1. The van der Waals surface area contributed by atoms with Crippen molar-refractivity contribution in [3.63, 3.8) is 0 Å². The minimum atomic E-state index is -0.660. The van der Waals surface area contributed by atoms with Gasteiger partial charge in [0.15, 0.2) is 5.78 Å². The molecule has 0 N–H and O–H groups in total. The summed E-state index contributed by atoms with van der Waals surface area (Å²) in [5.74, 6) is -1.12. The molecule has 5 heteroatoms. The lowest BCUT2D eigenvalue weighted by Gasteiger charge is -2.31. The molecule has 1 atom stereocenters. The molecule has 0 radical (unpaired) electrons. The summed E-state index contributed by atoms with van der Waals surface area (Å²) in [5, 5.41) is 8.57. The van der Waals surface area contributed by atoms with Gasteiger partial charge in [0.1, 0.15) is 0 Å². The molecule has 0 unspecified atom stereocenters. The molecule has 1 aliphatic rings. The van der Waals surface area contributed by atoms with Crippen LogP contribution in [0.5, 0.6) is 0 Å². The van der Waals surface area contributed by atoms with Crippen LogP contribution in [-0.4, -0.2) is 18.2 Å². The first kappa shape index (κ1) is 13.8. The van der Waals surface area contributed by atoms with Gasteiger partial charge in [-0.05, 0) is 31.0 Å². The standard InChI is InChI=1S/C14H13BrN2O2/c15-10-3-1-4-11(9-10)17-8-2-5-12(14(17)19)13(18)6-7-16/h1,3-4,9,12H,2,5-6,8H2/t12-/m1/s1. The Morgan fingerprint density at radius 1 is 1.53 bits per heavy atom. The molecule has 1 aromatic carbocycles. The van der Waals surface area contributed by atoms with E-state index in [1.807, 2.05) is 30.3 Å². The molecular formula is C14H13BrN2O2. The topological polar surface area (TPSA) is 61.2 Å². The van der Waals surface area contributed by atoms with Crippen molar-refractivity contribution < 1.29 is 9.59 Å². The number of carbonyl (C=O) groups excluding carboxylic acids is 2. The number of benzene rings is 1. The van der Waals surface area contributed by atoms with Crippen molar-refractivity contribution in [1.82, 2.24) is 0 Å². The van der Waals surface area contributed by atoms with Gasteiger partial charge >= 0.3 is 0 Å². The summed E-state index contributed by atoms with van der Waals surface area (Å²) in [5.41, 5.74) is 0.786. The number of amides is 1. The lowest BCUT2D eigenvalue weighted by molar-refractivity contribution is -0.133. The Morgan fingerprint density at radius 2 is 2.32 bits per heavy atom. The van der Waals surface area contributed by atoms with E-state index in [2.05, 4.69) is 15.9 Å². The van der Waals surface area contributed by atoms with Crippen molar-refractivity contribution in [2.45, 2.75) is 19.3 Å². The average molecular weight is 321 g/mol. The largest absolute Gasteiger partial charge is 0.312 e. The van der Waals surface area contributed by atoms with Crippen LogP contribution in [0.15, 0.2) is 28.7 Å². The van der Waals surface area contributed by atoms with Crippen LogP contribution >= 0.6 is 15.9 Å². The summed E-state index contributed by atoms with van der Waals surface area (Å²) < 4.78 is 0.892. The highest BCUT2D eigenvalue weighted by Crippen LogP contribution is 2.27. The second-order valence-electron chi connectivity index (χ2n) is 4.47. The van der Waals surface area contributed by atoms with Crippen LogP contribution in [0.25, 0.3) is 0 Å². The van der Waals surface area contributed by atoms with Gasteiger partial charge in [-0.15, -0.1) is 0 Å². The summed E-state index contributed by atoms with van der Waals surface area (Å²) in [6.07, 6.45) is 1.13. The minimum Gasteiger partial charge on any atom is -0.312 e. The van der Waals surface area contributed by atoms with Crippen LogP contribution in [-0.2, 0) is 9.59 Å². The first-order valence-electron chi connectivity index (χ1n) is 6.10. The van der Waals surface area contributed by atoms with Gasteiger partial charge in [0.2, 0.25) is 5.91 Å². The lowest BCUT2D eigenvalue weighted by atomic mass is 9.91. The Hall–Kier alpha value is -1.67. The van der Waals surface area contributed by atoms with E-state index in [1.165, 1.54) is 0 Å². The van der Waals surface area contributed by atoms with Gasteiger partial charge < -0.3 is 4.90 Å². The fourth-order valence-corrected chi connectivity index (χ4v) is 2.66. The van der Waals surface area contributed by atoms with E-state index < -0.39 is 5.92 Å². The highest BCUT2D eigenvalue weighted by molar-refractivity contribution is 9.10. The van der Waals surface area contributed by atoms with Crippen LogP contribution in [0.3, 0.4) is 0 Å². The van der Waals surface area contributed by atoms with Gasteiger partial charge in [-0.3, -0.25) is 9.59 Å². The minimum absolute atomic E-state index is 0.190. The molecule has 0 saturated carbocycles. The Kier molecular flexibility index (Phi) is 4.33. The SMILES string of the molecule is N#CCC(=O)[C@H]1CCCN(c2cccc(Br)c2)C1=O. The van der Waals surface area contributed by atoms with Crippen LogP contribution in [0.2, 0.25) is 0 Å². The highest BCUT2D eigenvalue weighted by Gasteiger charge is 2.34.